The summed E-state index contributed by atoms with van der Waals surface area (Å²) in [5.74, 6) is 0.335. The van der Waals surface area contributed by atoms with Crippen LogP contribution in [0, 0.1) is 11.2 Å². The highest BCUT2D eigenvalue weighted by molar-refractivity contribution is 5.40. The lowest BCUT2D eigenvalue weighted by molar-refractivity contribution is 0.233. The van der Waals surface area contributed by atoms with E-state index >= 15 is 0 Å². The molecular formula is C13H21FN4. The molecule has 2 rings (SSSR count). The molecule has 1 aliphatic carbocycles. The molecule has 1 aromatic rings. The van der Waals surface area contributed by atoms with Crippen LogP contribution in [0.3, 0.4) is 0 Å². The van der Waals surface area contributed by atoms with E-state index in [4.69, 9.17) is 0 Å². The number of hydrogen-bond donors (Lipinski definition) is 2. The summed E-state index contributed by atoms with van der Waals surface area (Å²) in [7, 11) is 1.72. The van der Waals surface area contributed by atoms with Crippen LogP contribution in [-0.4, -0.2) is 23.6 Å². The molecule has 0 spiro atoms. The van der Waals surface area contributed by atoms with Gasteiger partial charge in [0.25, 0.3) is 0 Å². The molecule has 1 aromatic heterocycles. The number of hydrogen-bond acceptors (Lipinski definition) is 4. The van der Waals surface area contributed by atoms with Crippen molar-refractivity contribution in [2.75, 3.05) is 24.2 Å². The molecule has 0 aliphatic heterocycles. The van der Waals surface area contributed by atoms with Crippen LogP contribution in [-0.2, 0) is 0 Å². The van der Waals surface area contributed by atoms with Crippen molar-refractivity contribution < 1.29 is 4.39 Å². The van der Waals surface area contributed by atoms with Gasteiger partial charge in [-0.05, 0) is 18.3 Å². The van der Waals surface area contributed by atoms with Gasteiger partial charge >= 0.3 is 0 Å². The highest BCUT2D eigenvalue weighted by Gasteiger charge is 2.26. The van der Waals surface area contributed by atoms with Crippen molar-refractivity contribution in [3.63, 3.8) is 0 Å². The summed E-state index contributed by atoms with van der Waals surface area (Å²) in [6.07, 6.45) is 7.46. The first-order valence-corrected chi connectivity index (χ1v) is 6.57. The summed E-state index contributed by atoms with van der Waals surface area (Å²) >= 11 is 0. The average molecular weight is 252 g/mol. The number of rotatable bonds is 4. The van der Waals surface area contributed by atoms with Gasteiger partial charge in [-0.25, -0.2) is 9.37 Å². The molecule has 1 heterocycles. The summed E-state index contributed by atoms with van der Waals surface area (Å²) in [5.41, 5.74) is 0.259. The number of halogens is 1. The molecule has 2 N–H and O–H groups in total. The first kappa shape index (κ1) is 13.1. The largest absolute Gasteiger partial charge is 0.367 e. The van der Waals surface area contributed by atoms with Gasteiger partial charge in [0, 0.05) is 13.6 Å². The molecule has 0 unspecified atom stereocenters. The molecule has 0 atom stereocenters. The second-order valence-electron chi connectivity index (χ2n) is 5.37. The molecule has 0 saturated heterocycles. The number of nitrogens with zero attached hydrogens (tertiary/aromatic N) is 2. The van der Waals surface area contributed by atoms with E-state index in [1.807, 2.05) is 0 Å². The zero-order chi connectivity index (χ0) is 13.0. The molecule has 5 heteroatoms. The average Bonchev–Trinajstić information content (AvgIpc) is 2.39. The minimum absolute atomic E-state index is 0.259. The fraction of sp³-hybridized carbons (Fsp3) is 0.692. The summed E-state index contributed by atoms with van der Waals surface area (Å²) in [5, 5.41) is 5.94. The second-order valence-corrected chi connectivity index (χ2v) is 5.37. The van der Waals surface area contributed by atoms with Crippen molar-refractivity contribution in [3.8, 4) is 0 Å². The molecule has 0 bridgehead atoms. The highest BCUT2D eigenvalue weighted by atomic mass is 19.1. The maximum Gasteiger partial charge on any atom is 0.224 e. The van der Waals surface area contributed by atoms with Crippen molar-refractivity contribution in [2.24, 2.45) is 5.41 Å². The van der Waals surface area contributed by atoms with E-state index in [1.165, 1.54) is 38.3 Å². The zero-order valence-electron chi connectivity index (χ0n) is 11.1. The van der Waals surface area contributed by atoms with E-state index in [0.29, 0.717) is 11.8 Å². The minimum atomic E-state index is -0.395. The fourth-order valence-electron chi connectivity index (χ4n) is 2.49. The Labute approximate surface area is 107 Å². The predicted molar refractivity (Wildman–Crippen MR) is 71.2 cm³/mol. The SMILES string of the molecule is CNc1ncc(F)c(NCC2(C)CCCCC2)n1. The first-order chi connectivity index (χ1) is 8.63. The van der Waals surface area contributed by atoms with E-state index in [-0.39, 0.29) is 5.41 Å². The van der Waals surface area contributed by atoms with Crippen LogP contribution in [0.1, 0.15) is 39.0 Å². The fourth-order valence-corrected chi connectivity index (χ4v) is 2.49. The Morgan fingerprint density at radius 2 is 2.06 bits per heavy atom. The number of aromatic nitrogens is 2. The van der Waals surface area contributed by atoms with Crippen LogP contribution in [0.25, 0.3) is 0 Å². The molecule has 0 amide bonds. The van der Waals surface area contributed by atoms with E-state index in [9.17, 15) is 4.39 Å². The topological polar surface area (TPSA) is 49.8 Å². The van der Waals surface area contributed by atoms with Crippen LogP contribution in [0.2, 0.25) is 0 Å². The Kier molecular flexibility index (Phi) is 3.99. The number of anilines is 2. The number of nitrogens with one attached hydrogen (secondary N) is 2. The van der Waals surface area contributed by atoms with E-state index < -0.39 is 5.82 Å². The lowest BCUT2D eigenvalue weighted by Gasteiger charge is -2.33. The van der Waals surface area contributed by atoms with Gasteiger partial charge in [0.1, 0.15) is 0 Å². The van der Waals surface area contributed by atoms with Gasteiger partial charge in [0.15, 0.2) is 11.6 Å². The molecule has 100 valence electrons. The lowest BCUT2D eigenvalue weighted by atomic mass is 9.76. The Hall–Kier alpha value is -1.39. The van der Waals surface area contributed by atoms with Gasteiger partial charge in [-0.3, -0.25) is 0 Å². The summed E-state index contributed by atoms with van der Waals surface area (Å²) in [6, 6.07) is 0. The Morgan fingerprint density at radius 1 is 1.33 bits per heavy atom. The first-order valence-electron chi connectivity index (χ1n) is 6.57. The Bertz CT molecular complexity index is 402. The third-order valence-electron chi connectivity index (χ3n) is 3.71. The third kappa shape index (κ3) is 3.09. The van der Waals surface area contributed by atoms with Crippen molar-refractivity contribution in [2.45, 2.75) is 39.0 Å². The van der Waals surface area contributed by atoms with E-state index in [1.54, 1.807) is 7.05 Å². The van der Waals surface area contributed by atoms with Crippen LogP contribution in [0.5, 0.6) is 0 Å². The monoisotopic (exact) mass is 252 g/mol. The van der Waals surface area contributed by atoms with Gasteiger partial charge in [0.05, 0.1) is 6.20 Å². The molecule has 0 aromatic carbocycles. The smallest absolute Gasteiger partial charge is 0.224 e. The lowest BCUT2D eigenvalue weighted by Crippen LogP contribution is -2.29. The van der Waals surface area contributed by atoms with Crippen molar-refractivity contribution in [1.82, 2.24) is 9.97 Å². The van der Waals surface area contributed by atoms with E-state index in [0.717, 1.165) is 6.54 Å². The molecule has 18 heavy (non-hydrogen) atoms. The molecule has 1 saturated carbocycles. The van der Waals surface area contributed by atoms with Crippen molar-refractivity contribution >= 4 is 11.8 Å². The van der Waals surface area contributed by atoms with Gasteiger partial charge in [-0.2, -0.15) is 4.98 Å². The quantitative estimate of drug-likeness (QED) is 0.864. The summed E-state index contributed by atoms with van der Waals surface area (Å²) in [4.78, 5) is 7.93. The minimum Gasteiger partial charge on any atom is -0.367 e. The maximum absolute atomic E-state index is 13.6. The van der Waals surface area contributed by atoms with Crippen LogP contribution < -0.4 is 10.6 Å². The van der Waals surface area contributed by atoms with Gasteiger partial charge < -0.3 is 10.6 Å². The Balaban J connectivity index is 2.00. The van der Waals surface area contributed by atoms with Crippen molar-refractivity contribution in [1.29, 1.82) is 0 Å². The third-order valence-corrected chi connectivity index (χ3v) is 3.71. The predicted octanol–water partition coefficient (Wildman–Crippen LogP) is 3.04. The van der Waals surface area contributed by atoms with E-state index in [2.05, 4.69) is 27.5 Å². The molecule has 1 fully saturated rings. The zero-order valence-corrected chi connectivity index (χ0v) is 11.1. The normalized spacial score (nSPS) is 18.4. The molecule has 1 aliphatic rings. The van der Waals surface area contributed by atoms with Gasteiger partial charge in [0.2, 0.25) is 5.95 Å². The highest BCUT2D eigenvalue weighted by Crippen LogP contribution is 2.35. The second kappa shape index (κ2) is 5.50. The van der Waals surface area contributed by atoms with Crippen LogP contribution >= 0.6 is 0 Å². The van der Waals surface area contributed by atoms with Crippen molar-refractivity contribution in [3.05, 3.63) is 12.0 Å². The summed E-state index contributed by atoms with van der Waals surface area (Å²) in [6.45, 7) is 3.03. The van der Waals surface area contributed by atoms with Crippen LogP contribution in [0.15, 0.2) is 6.20 Å². The molecule has 4 nitrogen and oxygen atoms in total. The molecule has 0 radical (unpaired) electrons. The molecular weight excluding hydrogens is 231 g/mol. The summed E-state index contributed by atoms with van der Waals surface area (Å²) < 4.78 is 13.6. The van der Waals surface area contributed by atoms with Gasteiger partial charge in [-0.1, -0.05) is 26.2 Å². The standard InChI is InChI=1S/C13H21FN4/c1-13(6-4-3-5-7-13)9-17-11-10(14)8-16-12(15-2)18-11/h8H,3-7,9H2,1-2H3,(H2,15,16,17,18). The Morgan fingerprint density at radius 3 is 2.72 bits per heavy atom. The maximum atomic E-state index is 13.6. The van der Waals surface area contributed by atoms with Crippen LogP contribution in [0.4, 0.5) is 16.2 Å². The van der Waals surface area contributed by atoms with Gasteiger partial charge in [-0.15, -0.1) is 0 Å².